The van der Waals surface area contributed by atoms with Gasteiger partial charge in [0.25, 0.3) is 0 Å². The molecule has 144 valence electrons. The molecule has 6 heteroatoms. The lowest BCUT2D eigenvalue weighted by atomic mass is 10.1. The van der Waals surface area contributed by atoms with Crippen LogP contribution in [0.4, 0.5) is 5.69 Å². The zero-order valence-corrected chi connectivity index (χ0v) is 17.5. The Kier molecular flexibility index (Phi) is 5.50. The van der Waals surface area contributed by atoms with Crippen molar-refractivity contribution in [3.05, 3.63) is 70.4 Å². The van der Waals surface area contributed by atoms with E-state index in [2.05, 4.69) is 53.2 Å². The zero-order chi connectivity index (χ0) is 19.5. The van der Waals surface area contributed by atoms with Crippen LogP contribution >= 0.6 is 23.1 Å². The van der Waals surface area contributed by atoms with Gasteiger partial charge in [0.1, 0.15) is 0 Å². The highest BCUT2D eigenvalue weighted by Crippen LogP contribution is 2.48. The number of hydrogen-bond donors (Lipinski definition) is 1. The first-order chi connectivity index (χ1) is 13.7. The fourth-order valence-electron chi connectivity index (χ4n) is 3.19. The lowest BCUT2D eigenvalue weighted by Gasteiger charge is -2.18. The molecule has 3 aromatic rings. The monoisotopic (exact) mass is 411 g/mol. The van der Waals surface area contributed by atoms with Gasteiger partial charge in [-0.15, -0.1) is 23.1 Å². The van der Waals surface area contributed by atoms with Crippen LogP contribution in [0.3, 0.4) is 0 Å². The summed E-state index contributed by atoms with van der Waals surface area (Å²) in [6.45, 7) is 0. The first-order valence-electron chi connectivity index (χ1n) is 8.81. The minimum absolute atomic E-state index is 0.0851. The first-order valence-corrected chi connectivity index (χ1v) is 10.6. The average Bonchev–Trinajstić information content (AvgIpc) is 3.20. The third kappa shape index (κ3) is 3.57. The molecule has 0 fully saturated rings. The molecule has 2 heterocycles. The van der Waals surface area contributed by atoms with Gasteiger partial charge in [0.2, 0.25) is 5.75 Å². The Morgan fingerprint density at radius 2 is 1.64 bits per heavy atom. The van der Waals surface area contributed by atoms with Crippen LogP contribution in [0.2, 0.25) is 0 Å². The molecule has 4 nitrogen and oxygen atoms in total. The molecule has 0 aliphatic carbocycles. The van der Waals surface area contributed by atoms with E-state index < -0.39 is 0 Å². The number of methoxy groups -OCH3 is 3. The van der Waals surface area contributed by atoms with E-state index in [0.717, 1.165) is 16.9 Å². The fourth-order valence-corrected chi connectivity index (χ4v) is 5.05. The van der Waals surface area contributed by atoms with Gasteiger partial charge in [0, 0.05) is 4.90 Å². The number of ether oxygens (including phenoxy) is 3. The standard InChI is InChI=1S/C22H21NO3S2/c1-24-17-11-14(12-18(25-2)22(17)26-3)21-13-16(19-9-6-10-27-19)23-15-7-4-5-8-20(15)28-21/h4-13,21,23H,1-3H3. The molecular formula is C22H21NO3S2. The molecule has 28 heavy (non-hydrogen) atoms. The highest BCUT2D eigenvalue weighted by atomic mass is 32.2. The molecule has 0 spiro atoms. The van der Waals surface area contributed by atoms with Gasteiger partial charge >= 0.3 is 0 Å². The normalized spacial score (nSPS) is 15.7. The second-order valence-electron chi connectivity index (χ2n) is 6.18. The predicted molar refractivity (Wildman–Crippen MR) is 117 cm³/mol. The van der Waals surface area contributed by atoms with E-state index in [1.54, 1.807) is 44.4 Å². The average molecular weight is 412 g/mol. The van der Waals surface area contributed by atoms with Gasteiger partial charge in [-0.1, -0.05) is 18.2 Å². The maximum Gasteiger partial charge on any atom is 0.203 e. The fraction of sp³-hybridized carbons (Fsp3) is 0.182. The van der Waals surface area contributed by atoms with Crippen molar-refractivity contribution in [1.29, 1.82) is 0 Å². The summed E-state index contributed by atoms with van der Waals surface area (Å²) in [6, 6.07) is 16.6. The highest BCUT2D eigenvalue weighted by molar-refractivity contribution is 7.99. The summed E-state index contributed by atoms with van der Waals surface area (Å²) in [5.41, 5.74) is 3.31. The van der Waals surface area contributed by atoms with Crippen LogP contribution in [0, 0.1) is 0 Å². The third-order valence-corrected chi connectivity index (χ3v) is 6.71. The molecule has 1 aromatic heterocycles. The minimum Gasteiger partial charge on any atom is -0.493 e. The number of para-hydroxylation sites is 1. The first kappa shape index (κ1) is 18.8. The van der Waals surface area contributed by atoms with E-state index >= 15 is 0 Å². The van der Waals surface area contributed by atoms with Crippen molar-refractivity contribution in [2.24, 2.45) is 0 Å². The molecule has 1 N–H and O–H groups in total. The van der Waals surface area contributed by atoms with Crippen molar-refractivity contribution in [2.45, 2.75) is 10.1 Å². The summed E-state index contributed by atoms with van der Waals surface area (Å²) in [4.78, 5) is 2.40. The lowest BCUT2D eigenvalue weighted by molar-refractivity contribution is 0.324. The molecule has 1 aliphatic heterocycles. The Bertz CT molecular complexity index is 974. The molecule has 1 unspecified atom stereocenters. The van der Waals surface area contributed by atoms with Crippen LogP contribution < -0.4 is 19.5 Å². The SMILES string of the molecule is COc1cc(C2C=C(c3cccs3)Nc3ccccc3S2)cc(OC)c1OC. The quantitative estimate of drug-likeness (QED) is 0.551. The van der Waals surface area contributed by atoms with Crippen LogP contribution in [0.1, 0.15) is 15.7 Å². The van der Waals surface area contributed by atoms with Crippen molar-refractivity contribution in [2.75, 3.05) is 26.6 Å². The van der Waals surface area contributed by atoms with Crippen LogP contribution in [-0.4, -0.2) is 21.3 Å². The molecule has 1 atom stereocenters. The summed E-state index contributed by atoms with van der Waals surface area (Å²) < 4.78 is 16.6. The second-order valence-corrected chi connectivity index (χ2v) is 8.31. The third-order valence-electron chi connectivity index (χ3n) is 4.53. The van der Waals surface area contributed by atoms with E-state index in [1.807, 2.05) is 12.1 Å². The Morgan fingerprint density at radius 1 is 0.893 bits per heavy atom. The number of thiophene rings is 1. The van der Waals surface area contributed by atoms with Crippen molar-refractivity contribution >= 4 is 34.5 Å². The number of rotatable bonds is 5. The number of nitrogens with one attached hydrogen (secondary N) is 1. The number of thioether (sulfide) groups is 1. The smallest absolute Gasteiger partial charge is 0.203 e. The lowest BCUT2D eigenvalue weighted by Crippen LogP contribution is -1.99. The van der Waals surface area contributed by atoms with Gasteiger partial charge in [0.05, 0.1) is 42.8 Å². The van der Waals surface area contributed by atoms with Crippen LogP contribution in [-0.2, 0) is 0 Å². The number of fused-ring (bicyclic) bond motifs is 1. The van der Waals surface area contributed by atoms with Crippen molar-refractivity contribution < 1.29 is 14.2 Å². The van der Waals surface area contributed by atoms with Gasteiger partial charge in [-0.05, 0) is 47.4 Å². The predicted octanol–water partition coefficient (Wildman–Crippen LogP) is 6.07. The molecule has 0 bridgehead atoms. The van der Waals surface area contributed by atoms with Gasteiger partial charge in [0.15, 0.2) is 11.5 Å². The van der Waals surface area contributed by atoms with Gasteiger partial charge < -0.3 is 19.5 Å². The zero-order valence-electron chi connectivity index (χ0n) is 15.9. The molecule has 4 rings (SSSR count). The van der Waals surface area contributed by atoms with E-state index in [1.165, 1.54) is 9.77 Å². The van der Waals surface area contributed by atoms with E-state index in [9.17, 15) is 0 Å². The summed E-state index contributed by atoms with van der Waals surface area (Å²) >= 11 is 3.52. The summed E-state index contributed by atoms with van der Waals surface area (Å²) in [7, 11) is 4.91. The van der Waals surface area contributed by atoms with Crippen LogP contribution in [0.15, 0.2) is 64.9 Å². The maximum absolute atomic E-state index is 5.56. The summed E-state index contributed by atoms with van der Waals surface area (Å²) in [5, 5.41) is 5.78. The van der Waals surface area contributed by atoms with Crippen molar-refractivity contribution in [1.82, 2.24) is 0 Å². The summed E-state index contributed by atoms with van der Waals surface area (Å²) in [6.07, 6.45) is 2.26. The molecule has 0 saturated heterocycles. The largest absolute Gasteiger partial charge is 0.493 e. The molecular weight excluding hydrogens is 390 g/mol. The molecule has 0 saturated carbocycles. The number of benzene rings is 2. The molecule has 0 amide bonds. The van der Waals surface area contributed by atoms with Crippen molar-refractivity contribution in [3.63, 3.8) is 0 Å². The molecule has 0 radical (unpaired) electrons. The Hall–Kier alpha value is -2.57. The van der Waals surface area contributed by atoms with E-state index in [4.69, 9.17) is 14.2 Å². The number of anilines is 1. The van der Waals surface area contributed by atoms with Gasteiger partial charge in [-0.25, -0.2) is 0 Å². The van der Waals surface area contributed by atoms with Crippen molar-refractivity contribution in [3.8, 4) is 17.2 Å². The Balaban J connectivity index is 1.84. The minimum atomic E-state index is 0.0851. The van der Waals surface area contributed by atoms with Gasteiger partial charge in [-0.2, -0.15) is 0 Å². The maximum atomic E-state index is 5.56. The Morgan fingerprint density at radius 3 is 2.29 bits per heavy atom. The molecule has 2 aromatic carbocycles. The summed E-state index contributed by atoms with van der Waals surface area (Å²) in [5.74, 6) is 1.93. The van der Waals surface area contributed by atoms with Crippen LogP contribution in [0.5, 0.6) is 17.2 Å². The second kappa shape index (κ2) is 8.20. The highest BCUT2D eigenvalue weighted by Gasteiger charge is 2.23. The number of hydrogen-bond acceptors (Lipinski definition) is 6. The topological polar surface area (TPSA) is 39.7 Å². The van der Waals surface area contributed by atoms with Gasteiger partial charge in [-0.3, -0.25) is 0 Å². The van der Waals surface area contributed by atoms with E-state index in [0.29, 0.717) is 17.2 Å². The van der Waals surface area contributed by atoms with E-state index in [-0.39, 0.29) is 5.25 Å². The Labute approximate surface area is 173 Å². The van der Waals surface area contributed by atoms with Crippen LogP contribution in [0.25, 0.3) is 5.70 Å². The molecule has 1 aliphatic rings.